The van der Waals surface area contributed by atoms with Gasteiger partial charge in [0.2, 0.25) is 0 Å². The maximum atomic E-state index is 5.65. The predicted octanol–water partition coefficient (Wildman–Crippen LogP) is 2.90. The molecule has 0 spiro atoms. The second-order valence-corrected chi connectivity index (χ2v) is 9.27. The third kappa shape index (κ3) is 12.1. The van der Waals surface area contributed by atoms with Gasteiger partial charge in [0, 0.05) is 6.61 Å². The van der Waals surface area contributed by atoms with Crippen molar-refractivity contribution in [2.24, 2.45) is 5.92 Å². The van der Waals surface area contributed by atoms with Crippen LogP contribution in [0.4, 0.5) is 0 Å². The van der Waals surface area contributed by atoms with Crippen LogP contribution in [0, 0.1) is 5.92 Å². The fourth-order valence-corrected chi connectivity index (χ4v) is 1.52. The lowest BCUT2D eigenvalue weighted by atomic mass is 10.1. The maximum absolute atomic E-state index is 5.65. The molecule has 0 saturated carbocycles. The van der Waals surface area contributed by atoms with Gasteiger partial charge in [-0.25, -0.2) is 0 Å². The number of hydrogen-bond donors (Lipinski definition) is 0. The van der Waals surface area contributed by atoms with Crippen molar-refractivity contribution in [3.63, 3.8) is 0 Å². The molecule has 2 nitrogen and oxygen atoms in total. The lowest BCUT2D eigenvalue weighted by molar-refractivity contribution is 0.0905. The van der Waals surface area contributed by atoms with E-state index in [0.29, 0.717) is 0 Å². The standard InChI is InChI=1S/C10H24O2Si/c1-10(2)6-7-11-8-9-12-13(3,4)5/h10H,6-9H2,1-5H3. The molecule has 0 aliphatic heterocycles. The van der Waals surface area contributed by atoms with Crippen molar-refractivity contribution in [2.45, 2.75) is 39.9 Å². The Balaban J connectivity index is 3.09. The summed E-state index contributed by atoms with van der Waals surface area (Å²) in [5.41, 5.74) is 0. The minimum atomic E-state index is -1.32. The summed E-state index contributed by atoms with van der Waals surface area (Å²) in [5, 5.41) is 0. The maximum Gasteiger partial charge on any atom is 0.183 e. The molecule has 3 heteroatoms. The molecule has 0 radical (unpaired) electrons. The van der Waals surface area contributed by atoms with Crippen molar-refractivity contribution in [3.05, 3.63) is 0 Å². The Morgan fingerprint density at radius 2 is 1.62 bits per heavy atom. The van der Waals surface area contributed by atoms with Crippen LogP contribution in [0.2, 0.25) is 19.6 Å². The molecule has 0 heterocycles. The van der Waals surface area contributed by atoms with Gasteiger partial charge in [-0.2, -0.15) is 0 Å². The first kappa shape index (κ1) is 13.1. The molecule has 80 valence electrons. The van der Waals surface area contributed by atoms with Crippen LogP contribution < -0.4 is 0 Å². The Kier molecular flexibility index (Phi) is 6.64. The molecular formula is C10H24O2Si. The summed E-state index contributed by atoms with van der Waals surface area (Å²) in [6.45, 7) is 13.4. The lowest BCUT2D eigenvalue weighted by Gasteiger charge is -2.17. The van der Waals surface area contributed by atoms with Crippen molar-refractivity contribution in [1.82, 2.24) is 0 Å². The highest BCUT2D eigenvalue weighted by atomic mass is 28.4. The summed E-state index contributed by atoms with van der Waals surface area (Å²) in [7, 11) is -1.32. The first-order chi connectivity index (χ1) is 5.92. The van der Waals surface area contributed by atoms with Crippen molar-refractivity contribution >= 4 is 8.32 Å². The Morgan fingerprint density at radius 1 is 1.00 bits per heavy atom. The smallest absolute Gasteiger partial charge is 0.183 e. The highest BCUT2D eigenvalue weighted by Gasteiger charge is 2.12. The highest BCUT2D eigenvalue weighted by Crippen LogP contribution is 2.02. The van der Waals surface area contributed by atoms with Gasteiger partial charge in [0.25, 0.3) is 0 Å². The van der Waals surface area contributed by atoms with Crippen molar-refractivity contribution < 1.29 is 9.16 Å². The van der Waals surface area contributed by atoms with Gasteiger partial charge >= 0.3 is 0 Å². The van der Waals surface area contributed by atoms with Crippen LogP contribution in [-0.2, 0) is 9.16 Å². The van der Waals surface area contributed by atoms with E-state index in [1.807, 2.05) is 0 Å². The second kappa shape index (κ2) is 6.57. The van der Waals surface area contributed by atoms with Gasteiger partial charge in [-0.3, -0.25) is 0 Å². The minimum Gasteiger partial charge on any atom is -0.415 e. The van der Waals surface area contributed by atoms with Crippen LogP contribution in [-0.4, -0.2) is 28.1 Å². The van der Waals surface area contributed by atoms with Crippen LogP contribution in [0.1, 0.15) is 20.3 Å². The SMILES string of the molecule is CC(C)CCOCCO[Si](C)(C)C. The van der Waals surface area contributed by atoms with Crippen molar-refractivity contribution in [1.29, 1.82) is 0 Å². The monoisotopic (exact) mass is 204 g/mol. The Morgan fingerprint density at radius 3 is 2.08 bits per heavy atom. The minimum absolute atomic E-state index is 0.734. The van der Waals surface area contributed by atoms with Crippen LogP contribution in [0.5, 0.6) is 0 Å². The topological polar surface area (TPSA) is 18.5 Å². The zero-order chi connectivity index (χ0) is 10.3. The molecule has 13 heavy (non-hydrogen) atoms. The van der Waals surface area contributed by atoms with E-state index in [0.717, 1.165) is 32.2 Å². The molecule has 0 saturated heterocycles. The van der Waals surface area contributed by atoms with Gasteiger partial charge < -0.3 is 9.16 Å². The largest absolute Gasteiger partial charge is 0.415 e. The first-order valence-electron chi connectivity index (χ1n) is 5.13. The van der Waals surface area contributed by atoms with E-state index >= 15 is 0 Å². The zero-order valence-corrected chi connectivity index (χ0v) is 10.7. The van der Waals surface area contributed by atoms with E-state index in [1.165, 1.54) is 0 Å². The molecule has 0 bridgehead atoms. The summed E-state index contributed by atoms with van der Waals surface area (Å²) in [5.74, 6) is 0.734. The van der Waals surface area contributed by atoms with Crippen molar-refractivity contribution in [2.75, 3.05) is 19.8 Å². The molecule has 0 aromatic heterocycles. The van der Waals surface area contributed by atoms with Crippen molar-refractivity contribution in [3.8, 4) is 0 Å². The molecule has 0 unspecified atom stereocenters. The third-order valence-corrected chi connectivity index (χ3v) is 2.67. The number of hydrogen-bond acceptors (Lipinski definition) is 2. The summed E-state index contributed by atoms with van der Waals surface area (Å²) in [4.78, 5) is 0. The van der Waals surface area contributed by atoms with Gasteiger partial charge in [0.05, 0.1) is 13.2 Å². The van der Waals surface area contributed by atoms with Crippen LogP contribution in [0.3, 0.4) is 0 Å². The lowest BCUT2D eigenvalue weighted by Crippen LogP contribution is -2.27. The van der Waals surface area contributed by atoms with E-state index < -0.39 is 8.32 Å². The summed E-state index contributed by atoms with van der Waals surface area (Å²) in [6, 6.07) is 0. The molecule has 0 atom stereocenters. The molecule has 0 aliphatic carbocycles. The molecule has 0 N–H and O–H groups in total. The second-order valence-electron chi connectivity index (χ2n) is 4.76. The van der Waals surface area contributed by atoms with E-state index in [9.17, 15) is 0 Å². The van der Waals surface area contributed by atoms with Gasteiger partial charge in [0.1, 0.15) is 0 Å². The molecule has 0 aromatic carbocycles. The van der Waals surface area contributed by atoms with E-state index in [4.69, 9.17) is 9.16 Å². The quantitative estimate of drug-likeness (QED) is 0.469. The molecule has 0 aliphatic rings. The van der Waals surface area contributed by atoms with E-state index in [1.54, 1.807) is 0 Å². The Bertz CT molecular complexity index is 119. The first-order valence-corrected chi connectivity index (χ1v) is 8.54. The Labute approximate surface area is 83.8 Å². The normalized spacial score (nSPS) is 12.5. The fraction of sp³-hybridized carbons (Fsp3) is 1.00. The van der Waals surface area contributed by atoms with E-state index in [2.05, 4.69) is 33.5 Å². The van der Waals surface area contributed by atoms with Gasteiger partial charge in [-0.1, -0.05) is 13.8 Å². The van der Waals surface area contributed by atoms with E-state index in [-0.39, 0.29) is 0 Å². The summed E-state index contributed by atoms with van der Waals surface area (Å²) < 4.78 is 11.1. The summed E-state index contributed by atoms with van der Waals surface area (Å²) in [6.07, 6.45) is 1.15. The average molecular weight is 204 g/mol. The average Bonchev–Trinajstić information content (AvgIpc) is 1.93. The third-order valence-electron chi connectivity index (χ3n) is 1.60. The highest BCUT2D eigenvalue weighted by molar-refractivity contribution is 6.69. The van der Waals surface area contributed by atoms with Crippen LogP contribution in [0.15, 0.2) is 0 Å². The molecule has 0 aromatic rings. The van der Waals surface area contributed by atoms with Crippen LogP contribution in [0.25, 0.3) is 0 Å². The molecule has 0 fully saturated rings. The predicted molar refractivity (Wildman–Crippen MR) is 59.6 cm³/mol. The number of ether oxygens (including phenoxy) is 1. The molecule has 0 amide bonds. The number of rotatable bonds is 7. The fourth-order valence-electron chi connectivity index (χ4n) is 0.828. The zero-order valence-electron chi connectivity index (χ0n) is 9.72. The van der Waals surface area contributed by atoms with Crippen LogP contribution >= 0.6 is 0 Å². The van der Waals surface area contributed by atoms with Gasteiger partial charge in [-0.05, 0) is 32.0 Å². The molecular weight excluding hydrogens is 180 g/mol. The summed E-state index contributed by atoms with van der Waals surface area (Å²) >= 11 is 0. The molecule has 0 rings (SSSR count). The van der Waals surface area contributed by atoms with Gasteiger partial charge in [-0.15, -0.1) is 0 Å². The Hall–Kier alpha value is 0.137. The van der Waals surface area contributed by atoms with Gasteiger partial charge in [0.15, 0.2) is 8.32 Å².